The fourth-order valence-corrected chi connectivity index (χ4v) is 6.32. The normalized spacial score (nSPS) is 20.7. The number of hydrogen-bond acceptors (Lipinski definition) is 2. The molecular weight excluding hydrogens is 581 g/mol. The maximum atomic E-state index is 5.97. The average Bonchev–Trinajstić information content (AvgIpc) is 3.16. The number of allylic oxidation sites excluding steroid dienone is 16. The number of nitrogens with two attached hydrogens (primary N) is 1. The van der Waals surface area contributed by atoms with E-state index < -0.39 is 0 Å². The monoisotopic (exact) mass is 630 g/mol. The lowest BCUT2D eigenvalue weighted by Gasteiger charge is -2.34. The van der Waals surface area contributed by atoms with Crippen molar-refractivity contribution in [1.29, 1.82) is 0 Å². The minimum Gasteiger partial charge on any atom is -0.323 e. The van der Waals surface area contributed by atoms with Crippen LogP contribution in [-0.2, 0) is 0 Å². The van der Waals surface area contributed by atoms with Gasteiger partial charge in [0.25, 0.3) is 0 Å². The Balaban J connectivity index is 1.65. The summed E-state index contributed by atoms with van der Waals surface area (Å²) in [6.45, 7) is 17.0. The first-order valence-electron chi connectivity index (χ1n) is 16.9. The third-order valence-corrected chi connectivity index (χ3v) is 9.11. The Kier molecular flexibility index (Phi) is 13.1. The summed E-state index contributed by atoms with van der Waals surface area (Å²) in [6.07, 6.45) is 28.1. The highest BCUT2D eigenvalue weighted by Gasteiger charge is 2.30. The van der Waals surface area contributed by atoms with Gasteiger partial charge in [0.1, 0.15) is 0 Å². The fraction of sp³-hybridized carbons (Fsp3) is 0.196. The van der Waals surface area contributed by atoms with Crippen LogP contribution in [-0.4, -0.2) is 5.71 Å². The number of benzene rings is 3. The van der Waals surface area contributed by atoms with Crippen LogP contribution in [0.25, 0.3) is 22.3 Å². The van der Waals surface area contributed by atoms with Crippen molar-refractivity contribution in [3.05, 3.63) is 193 Å². The number of hydrogen-bond donors (Lipinski definition) is 1. The molecule has 244 valence electrons. The van der Waals surface area contributed by atoms with E-state index in [-0.39, 0.29) is 11.3 Å². The SMILES string of the molecule is C=C/C=C\C=C/C/C(=C/C(=N\N)c1ccc(-c2cccc(C3=C/C/C(CC)=C(/C=C\C)C(C)(C)C(C=C)/C=C\3)c2)cc1)c1ccccc1. The zero-order valence-electron chi connectivity index (χ0n) is 29.1. The van der Waals surface area contributed by atoms with Gasteiger partial charge in [-0.05, 0) is 82.7 Å². The molecule has 0 heterocycles. The Morgan fingerprint density at radius 2 is 1.65 bits per heavy atom. The molecule has 2 nitrogen and oxygen atoms in total. The molecule has 3 aromatic carbocycles. The number of rotatable bonds is 12. The van der Waals surface area contributed by atoms with Crippen LogP contribution in [0.15, 0.2) is 181 Å². The van der Waals surface area contributed by atoms with Gasteiger partial charge in [-0.1, -0.05) is 173 Å². The van der Waals surface area contributed by atoms with E-state index in [1.165, 1.54) is 27.8 Å². The van der Waals surface area contributed by atoms with Gasteiger partial charge in [0.2, 0.25) is 0 Å². The summed E-state index contributed by atoms with van der Waals surface area (Å²) in [4.78, 5) is 0. The first-order chi connectivity index (χ1) is 23.4. The summed E-state index contributed by atoms with van der Waals surface area (Å²) in [5.74, 6) is 6.18. The van der Waals surface area contributed by atoms with Crippen molar-refractivity contribution < 1.29 is 0 Å². The van der Waals surface area contributed by atoms with Gasteiger partial charge in [-0.3, -0.25) is 0 Å². The Bertz CT molecular complexity index is 1800. The van der Waals surface area contributed by atoms with E-state index in [2.05, 4.69) is 167 Å². The fourth-order valence-electron chi connectivity index (χ4n) is 6.32. The first-order valence-corrected chi connectivity index (χ1v) is 16.9. The molecule has 2 N–H and O–H groups in total. The highest BCUT2D eigenvalue weighted by Crippen LogP contribution is 2.42. The molecule has 0 spiro atoms. The molecule has 1 atom stereocenters. The van der Waals surface area contributed by atoms with Gasteiger partial charge in [0.15, 0.2) is 0 Å². The van der Waals surface area contributed by atoms with Crippen LogP contribution in [0.3, 0.4) is 0 Å². The van der Waals surface area contributed by atoms with Crippen LogP contribution in [0.5, 0.6) is 0 Å². The van der Waals surface area contributed by atoms with Crippen molar-refractivity contribution in [3.63, 3.8) is 0 Å². The van der Waals surface area contributed by atoms with Crippen molar-refractivity contribution in [2.75, 3.05) is 0 Å². The molecule has 0 bridgehead atoms. The van der Waals surface area contributed by atoms with Gasteiger partial charge in [-0.15, -0.1) is 6.58 Å². The molecule has 1 unspecified atom stereocenters. The van der Waals surface area contributed by atoms with Crippen LogP contribution < -0.4 is 5.84 Å². The smallest absolute Gasteiger partial charge is 0.0902 e. The van der Waals surface area contributed by atoms with Gasteiger partial charge in [-0.25, -0.2) is 0 Å². The predicted octanol–water partition coefficient (Wildman–Crippen LogP) is 12.2. The predicted molar refractivity (Wildman–Crippen MR) is 211 cm³/mol. The maximum absolute atomic E-state index is 5.97. The summed E-state index contributed by atoms with van der Waals surface area (Å²) in [6, 6.07) is 27.7. The van der Waals surface area contributed by atoms with Crippen LogP contribution in [0.4, 0.5) is 0 Å². The molecule has 2 heteroatoms. The largest absolute Gasteiger partial charge is 0.323 e. The van der Waals surface area contributed by atoms with Gasteiger partial charge in [0, 0.05) is 11.5 Å². The van der Waals surface area contributed by atoms with Crippen molar-refractivity contribution in [2.24, 2.45) is 22.3 Å². The molecule has 0 radical (unpaired) electrons. The van der Waals surface area contributed by atoms with Crippen LogP contribution in [0.1, 0.15) is 63.6 Å². The quantitative estimate of drug-likeness (QED) is 0.0698. The van der Waals surface area contributed by atoms with Crippen molar-refractivity contribution >= 4 is 16.9 Å². The van der Waals surface area contributed by atoms with E-state index in [4.69, 9.17) is 5.84 Å². The zero-order valence-corrected chi connectivity index (χ0v) is 29.1. The number of hydrazone groups is 1. The summed E-state index contributed by atoms with van der Waals surface area (Å²) in [5.41, 5.74) is 11.6. The maximum Gasteiger partial charge on any atom is 0.0902 e. The highest BCUT2D eigenvalue weighted by molar-refractivity contribution is 6.12. The summed E-state index contributed by atoms with van der Waals surface area (Å²) < 4.78 is 0. The summed E-state index contributed by atoms with van der Waals surface area (Å²) in [7, 11) is 0. The van der Waals surface area contributed by atoms with E-state index in [9.17, 15) is 0 Å². The standard InChI is InChI=1S/C46H50N2/c1-7-11-12-13-15-22-42(36-20-16-14-17-21-36)34-45(48-47)39-29-27-37(28-30-39)40-23-18-24-41(33-40)38-26-25-35(9-3)44(19-8-2)46(5,6)43(10-4)32-31-38/h7-8,10-21,23-24,26-34,43H,1,4,9,22,25,47H2,2-3,5-6H3/b12-11-,15-13-,19-8-,32-31-,38-26+,42-34-,44-35-,48-45+. The van der Waals surface area contributed by atoms with Crippen molar-refractivity contribution in [3.8, 4) is 11.1 Å². The Hall–Kier alpha value is -5.21. The summed E-state index contributed by atoms with van der Waals surface area (Å²) >= 11 is 0. The first kappa shape index (κ1) is 35.6. The zero-order chi connectivity index (χ0) is 34.4. The molecule has 0 aromatic heterocycles. The minimum atomic E-state index is -0.0504. The summed E-state index contributed by atoms with van der Waals surface area (Å²) in [5, 5.41) is 4.20. The van der Waals surface area contributed by atoms with Gasteiger partial charge in [-0.2, -0.15) is 5.10 Å². The Morgan fingerprint density at radius 1 is 0.896 bits per heavy atom. The van der Waals surface area contributed by atoms with E-state index in [0.717, 1.165) is 47.2 Å². The van der Waals surface area contributed by atoms with Gasteiger partial charge in [0.05, 0.1) is 5.71 Å². The van der Waals surface area contributed by atoms with Crippen LogP contribution in [0, 0.1) is 11.3 Å². The van der Waals surface area contributed by atoms with Crippen LogP contribution in [0.2, 0.25) is 0 Å². The Labute approximate surface area is 289 Å². The Morgan fingerprint density at radius 3 is 2.31 bits per heavy atom. The van der Waals surface area contributed by atoms with Crippen molar-refractivity contribution in [2.45, 2.75) is 47.0 Å². The van der Waals surface area contributed by atoms with E-state index >= 15 is 0 Å². The molecule has 0 saturated carbocycles. The molecule has 3 aromatic rings. The van der Waals surface area contributed by atoms with Gasteiger partial charge >= 0.3 is 0 Å². The molecule has 0 amide bonds. The van der Waals surface area contributed by atoms with E-state index in [0.29, 0.717) is 0 Å². The third-order valence-electron chi connectivity index (χ3n) is 9.11. The van der Waals surface area contributed by atoms with E-state index in [1.54, 1.807) is 6.08 Å². The molecule has 1 aliphatic carbocycles. The molecule has 0 saturated heterocycles. The lowest BCUT2D eigenvalue weighted by atomic mass is 9.70. The van der Waals surface area contributed by atoms with Gasteiger partial charge < -0.3 is 5.84 Å². The molecule has 1 aliphatic rings. The topological polar surface area (TPSA) is 38.4 Å². The third kappa shape index (κ3) is 8.98. The number of nitrogens with zero attached hydrogens (tertiary/aromatic N) is 1. The second kappa shape index (κ2) is 17.6. The second-order valence-corrected chi connectivity index (χ2v) is 12.5. The molecule has 48 heavy (non-hydrogen) atoms. The van der Waals surface area contributed by atoms with E-state index in [1.807, 2.05) is 24.3 Å². The van der Waals surface area contributed by atoms with Crippen molar-refractivity contribution in [1.82, 2.24) is 0 Å². The lowest BCUT2D eigenvalue weighted by molar-refractivity contribution is 0.378. The molecule has 4 rings (SSSR count). The van der Waals surface area contributed by atoms with Crippen LogP contribution >= 0.6 is 0 Å². The molecular formula is C46H50N2. The highest BCUT2D eigenvalue weighted by atomic mass is 15.1. The molecule has 0 aliphatic heterocycles. The minimum absolute atomic E-state index is 0.0504. The second-order valence-electron chi connectivity index (χ2n) is 12.5. The lowest BCUT2D eigenvalue weighted by Crippen LogP contribution is -2.24. The average molecular weight is 631 g/mol. The molecule has 0 fully saturated rings.